The molecule has 0 aromatic heterocycles. The van der Waals surface area contributed by atoms with Gasteiger partial charge in [-0.1, -0.05) is 0 Å². The number of ether oxygens (including phenoxy) is 1. The number of thiol groups is 1. The standard InChI is InChI=1S/C4H7F3OS/c5-4(6,7)8-2-1-3-9/h9H,1-3H2. The van der Waals surface area contributed by atoms with Gasteiger partial charge in [-0.25, -0.2) is 0 Å². The van der Waals surface area contributed by atoms with E-state index in [2.05, 4.69) is 17.4 Å². The summed E-state index contributed by atoms with van der Waals surface area (Å²) in [6, 6.07) is 0. The van der Waals surface area contributed by atoms with Crippen LogP contribution in [0, 0.1) is 0 Å². The molecule has 0 aliphatic rings. The van der Waals surface area contributed by atoms with Crippen LogP contribution < -0.4 is 0 Å². The van der Waals surface area contributed by atoms with Crippen molar-refractivity contribution < 1.29 is 17.9 Å². The molecule has 0 atom stereocenters. The molecular weight excluding hydrogens is 153 g/mol. The molecule has 0 aromatic rings. The summed E-state index contributed by atoms with van der Waals surface area (Å²) in [5, 5.41) is 0. The molecule has 0 saturated carbocycles. The average Bonchev–Trinajstić information content (AvgIpc) is 1.63. The Hall–Kier alpha value is 0.100. The zero-order valence-electron chi connectivity index (χ0n) is 4.61. The van der Waals surface area contributed by atoms with Crippen LogP contribution in [0.25, 0.3) is 0 Å². The Labute approximate surface area is 56.6 Å². The fraction of sp³-hybridized carbons (Fsp3) is 1.00. The lowest BCUT2D eigenvalue weighted by Crippen LogP contribution is -2.14. The van der Waals surface area contributed by atoms with Crippen LogP contribution in [0.4, 0.5) is 13.2 Å². The molecule has 0 bridgehead atoms. The molecule has 0 aromatic carbocycles. The Morgan fingerprint density at radius 3 is 2.22 bits per heavy atom. The van der Waals surface area contributed by atoms with Crippen LogP contribution >= 0.6 is 12.6 Å². The zero-order chi connectivity index (χ0) is 7.33. The van der Waals surface area contributed by atoms with Gasteiger partial charge in [0.15, 0.2) is 0 Å². The average molecular weight is 160 g/mol. The van der Waals surface area contributed by atoms with E-state index in [1.54, 1.807) is 0 Å². The Kier molecular flexibility index (Phi) is 4.05. The molecule has 0 N–H and O–H groups in total. The molecule has 0 aliphatic heterocycles. The van der Waals surface area contributed by atoms with Crippen molar-refractivity contribution in [1.82, 2.24) is 0 Å². The van der Waals surface area contributed by atoms with E-state index in [1.807, 2.05) is 0 Å². The van der Waals surface area contributed by atoms with E-state index in [4.69, 9.17) is 0 Å². The summed E-state index contributed by atoms with van der Waals surface area (Å²) in [6.07, 6.45) is -4.16. The summed E-state index contributed by atoms with van der Waals surface area (Å²) in [7, 11) is 0. The van der Waals surface area contributed by atoms with Gasteiger partial charge in [-0.3, -0.25) is 4.74 Å². The third-order valence-corrected chi connectivity index (χ3v) is 0.884. The summed E-state index contributed by atoms with van der Waals surface area (Å²) in [4.78, 5) is 0. The number of hydrogen-bond donors (Lipinski definition) is 1. The van der Waals surface area contributed by atoms with Gasteiger partial charge in [0, 0.05) is 0 Å². The molecule has 0 unspecified atom stereocenters. The second-order valence-electron chi connectivity index (χ2n) is 1.37. The quantitative estimate of drug-likeness (QED) is 0.489. The normalized spacial score (nSPS) is 12.0. The summed E-state index contributed by atoms with van der Waals surface area (Å²) < 4.78 is 36.8. The molecule has 0 rings (SSSR count). The highest BCUT2D eigenvalue weighted by Gasteiger charge is 2.28. The molecule has 0 saturated heterocycles. The van der Waals surface area contributed by atoms with E-state index in [-0.39, 0.29) is 6.61 Å². The van der Waals surface area contributed by atoms with Crippen LogP contribution in [0.2, 0.25) is 0 Å². The van der Waals surface area contributed by atoms with E-state index in [9.17, 15) is 13.2 Å². The van der Waals surface area contributed by atoms with Crippen molar-refractivity contribution in [2.24, 2.45) is 0 Å². The highest BCUT2D eigenvalue weighted by Crippen LogP contribution is 2.15. The zero-order valence-corrected chi connectivity index (χ0v) is 5.51. The molecule has 9 heavy (non-hydrogen) atoms. The van der Waals surface area contributed by atoms with Gasteiger partial charge in [-0.05, 0) is 12.2 Å². The first-order valence-electron chi connectivity index (χ1n) is 2.38. The van der Waals surface area contributed by atoms with Crippen LogP contribution in [0.1, 0.15) is 6.42 Å². The van der Waals surface area contributed by atoms with Crippen LogP contribution in [0.5, 0.6) is 0 Å². The first kappa shape index (κ1) is 9.10. The maximum atomic E-state index is 11.1. The first-order valence-corrected chi connectivity index (χ1v) is 3.01. The van der Waals surface area contributed by atoms with Gasteiger partial charge >= 0.3 is 6.36 Å². The van der Waals surface area contributed by atoms with E-state index in [0.29, 0.717) is 12.2 Å². The molecular formula is C4H7F3OS. The van der Waals surface area contributed by atoms with Crippen molar-refractivity contribution in [3.05, 3.63) is 0 Å². The van der Waals surface area contributed by atoms with Crippen molar-refractivity contribution in [3.63, 3.8) is 0 Å². The predicted octanol–water partition coefficient (Wildman–Crippen LogP) is 1.84. The molecule has 0 spiro atoms. The number of alkyl halides is 3. The minimum atomic E-state index is -4.48. The fourth-order valence-electron chi connectivity index (χ4n) is 0.252. The number of hydrogen-bond acceptors (Lipinski definition) is 2. The SMILES string of the molecule is FC(F)(F)OCCCS. The number of halogens is 3. The van der Waals surface area contributed by atoms with Crippen molar-refractivity contribution in [1.29, 1.82) is 0 Å². The molecule has 5 heteroatoms. The highest BCUT2D eigenvalue weighted by atomic mass is 32.1. The van der Waals surface area contributed by atoms with Crippen LogP contribution in [-0.4, -0.2) is 18.7 Å². The molecule has 56 valence electrons. The third kappa shape index (κ3) is 8.10. The Morgan fingerprint density at radius 2 is 1.89 bits per heavy atom. The van der Waals surface area contributed by atoms with Crippen molar-refractivity contribution in [2.75, 3.05) is 12.4 Å². The van der Waals surface area contributed by atoms with Crippen LogP contribution in [-0.2, 0) is 4.74 Å². The van der Waals surface area contributed by atoms with E-state index >= 15 is 0 Å². The lowest BCUT2D eigenvalue weighted by molar-refractivity contribution is -0.324. The predicted molar refractivity (Wildman–Crippen MR) is 30.5 cm³/mol. The molecule has 0 amide bonds. The maximum absolute atomic E-state index is 11.1. The van der Waals surface area contributed by atoms with E-state index in [1.165, 1.54) is 0 Å². The maximum Gasteiger partial charge on any atom is 0.522 e. The summed E-state index contributed by atoms with van der Waals surface area (Å²) in [6.45, 7) is -0.299. The highest BCUT2D eigenvalue weighted by molar-refractivity contribution is 7.80. The van der Waals surface area contributed by atoms with Crippen molar-refractivity contribution in [3.8, 4) is 0 Å². The topological polar surface area (TPSA) is 9.23 Å². The number of rotatable bonds is 3. The van der Waals surface area contributed by atoms with Gasteiger partial charge in [0.2, 0.25) is 0 Å². The van der Waals surface area contributed by atoms with Crippen molar-refractivity contribution in [2.45, 2.75) is 12.8 Å². The van der Waals surface area contributed by atoms with Gasteiger partial charge in [-0.2, -0.15) is 12.6 Å². The lowest BCUT2D eigenvalue weighted by Gasteiger charge is -2.04. The van der Waals surface area contributed by atoms with Gasteiger partial charge in [0.25, 0.3) is 0 Å². The first-order chi connectivity index (χ1) is 4.06. The van der Waals surface area contributed by atoms with Gasteiger partial charge in [-0.15, -0.1) is 13.2 Å². The largest absolute Gasteiger partial charge is 0.522 e. The third-order valence-electron chi connectivity index (χ3n) is 0.568. The smallest absolute Gasteiger partial charge is 0.292 e. The molecule has 1 nitrogen and oxygen atoms in total. The van der Waals surface area contributed by atoms with Gasteiger partial charge in [0.05, 0.1) is 6.61 Å². The van der Waals surface area contributed by atoms with Gasteiger partial charge in [0.1, 0.15) is 0 Å². The van der Waals surface area contributed by atoms with E-state index < -0.39 is 6.36 Å². The molecule has 0 radical (unpaired) electrons. The second kappa shape index (κ2) is 4.00. The van der Waals surface area contributed by atoms with Crippen LogP contribution in [0.3, 0.4) is 0 Å². The van der Waals surface area contributed by atoms with Crippen LogP contribution in [0.15, 0.2) is 0 Å². The van der Waals surface area contributed by atoms with Crippen molar-refractivity contribution >= 4 is 12.6 Å². The Morgan fingerprint density at radius 1 is 1.33 bits per heavy atom. The summed E-state index contributed by atoms with van der Waals surface area (Å²) in [5.41, 5.74) is 0. The summed E-state index contributed by atoms with van der Waals surface area (Å²) in [5.74, 6) is 0.413. The Bertz CT molecular complexity index is 72.7. The minimum absolute atomic E-state index is 0.299. The monoisotopic (exact) mass is 160 g/mol. The van der Waals surface area contributed by atoms with Gasteiger partial charge < -0.3 is 0 Å². The second-order valence-corrected chi connectivity index (χ2v) is 1.82. The summed E-state index contributed by atoms with van der Waals surface area (Å²) >= 11 is 3.70. The fourth-order valence-corrected chi connectivity index (χ4v) is 0.382. The minimum Gasteiger partial charge on any atom is -0.292 e. The van der Waals surface area contributed by atoms with E-state index in [0.717, 1.165) is 0 Å². The molecule has 0 heterocycles. The molecule has 0 aliphatic carbocycles. The Balaban J connectivity index is 3.07. The lowest BCUT2D eigenvalue weighted by atomic mass is 10.5. The molecule has 0 fully saturated rings.